The molecule has 1 aromatic rings. The van der Waals surface area contributed by atoms with Gasteiger partial charge in [-0.15, -0.1) is 5.10 Å². The van der Waals surface area contributed by atoms with Gasteiger partial charge in [-0.3, -0.25) is 9.59 Å². The minimum absolute atomic E-state index is 0.0544. The molecule has 2 amide bonds. The van der Waals surface area contributed by atoms with Crippen LogP contribution in [0.5, 0.6) is 0 Å². The molecule has 0 fully saturated rings. The standard InChI is InChI=1S/C8H11N5O4/c1-4(17-8(10)16)6(14)3-13-2-5(7(9)15)11-12-13/h2,4H,3H2,1H3,(H2,9,15)(H2,10,16). The lowest BCUT2D eigenvalue weighted by Crippen LogP contribution is -2.30. The highest BCUT2D eigenvalue weighted by Gasteiger charge is 2.17. The maximum Gasteiger partial charge on any atom is 0.405 e. The molecule has 0 aromatic carbocycles. The smallest absolute Gasteiger partial charge is 0.405 e. The molecule has 1 rings (SSSR count). The number of ether oxygens (including phenoxy) is 1. The zero-order chi connectivity index (χ0) is 13.0. The number of ketones is 1. The van der Waals surface area contributed by atoms with E-state index in [9.17, 15) is 14.4 Å². The largest absolute Gasteiger partial charge is 0.439 e. The van der Waals surface area contributed by atoms with Gasteiger partial charge >= 0.3 is 6.09 Å². The first-order valence-corrected chi connectivity index (χ1v) is 4.59. The van der Waals surface area contributed by atoms with Gasteiger partial charge in [-0.25, -0.2) is 9.48 Å². The molecule has 9 heteroatoms. The molecule has 0 aliphatic heterocycles. The Kier molecular flexibility index (Phi) is 3.75. The normalized spacial score (nSPS) is 11.8. The van der Waals surface area contributed by atoms with Crippen molar-refractivity contribution in [2.75, 3.05) is 0 Å². The summed E-state index contributed by atoms with van der Waals surface area (Å²) in [7, 11) is 0. The van der Waals surface area contributed by atoms with Crippen molar-refractivity contribution in [1.29, 1.82) is 0 Å². The molecule has 1 heterocycles. The van der Waals surface area contributed by atoms with E-state index in [1.807, 2.05) is 0 Å². The van der Waals surface area contributed by atoms with Gasteiger partial charge < -0.3 is 16.2 Å². The van der Waals surface area contributed by atoms with Crippen molar-refractivity contribution in [2.45, 2.75) is 19.6 Å². The number of nitrogens with zero attached hydrogens (tertiary/aromatic N) is 3. The zero-order valence-electron chi connectivity index (χ0n) is 8.99. The molecule has 0 radical (unpaired) electrons. The highest BCUT2D eigenvalue weighted by atomic mass is 16.6. The van der Waals surface area contributed by atoms with E-state index < -0.39 is 23.9 Å². The molecule has 1 atom stereocenters. The van der Waals surface area contributed by atoms with Crippen LogP contribution in [0.3, 0.4) is 0 Å². The lowest BCUT2D eigenvalue weighted by atomic mass is 10.2. The molecule has 17 heavy (non-hydrogen) atoms. The minimum atomic E-state index is -1.04. The SMILES string of the molecule is CC(OC(N)=O)C(=O)Cn1cc(C(N)=O)nn1. The summed E-state index contributed by atoms with van der Waals surface area (Å²) in [6.45, 7) is 1.17. The van der Waals surface area contributed by atoms with E-state index in [0.717, 1.165) is 4.68 Å². The third-order valence-corrected chi connectivity index (χ3v) is 1.86. The van der Waals surface area contributed by atoms with Crippen LogP contribution < -0.4 is 11.5 Å². The number of rotatable bonds is 5. The molecule has 9 nitrogen and oxygen atoms in total. The van der Waals surface area contributed by atoms with Crippen LogP contribution in [0.4, 0.5) is 4.79 Å². The van der Waals surface area contributed by atoms with E-state index in [1.54, 1.807) is 0 Å². The highest BCUT2D eigenvalue weighted by molar-refractivity contribution is 5.90. The Labute approximate surface area is 95.7 Å². The summed E-state index contributed by atoms with van der Waals surface area (Å²) >= 11 is 0. The van der Waals surface area contributed by atoms with Gasteiger partial charge in [0.2, 0.25) is 0 Å². The fraction of sp³-hybridized carbons (Fsp3) is 0.375. The molecule has 4 N–H and O–H groups in total. The van der Waals surface area contributed by atoms with Gasteiger partial charge in [0.25, 0.3) is 5.91 Å². The number of hydrogen-bond donors (Lipinski definition) is 2. The number of aromatic nitrogens is 3. The number of carbonyl (C=O) groups is 3. The van der Waals surface area contributed by atoms with Crippen LogP contribution in [0.15, 0.2) is 6.20 Å². The molecule has 92 valence electrons. The summed E-state index contributed by atoms with van der Waals surface area (Å²) in [5.74, 6) is -1.19. The predicted octanol–water partition coefficient (Wildman–Crippen LogP) is -1.57. The van der Waals surface area contributed by atoms with Crippen molar-refractivity contribution in [3.05, 3.63) is 11.9 Å². The number of carbonyl (C=O) groups excluding carboxylic acids is 3. The van der Waals surface area contributed by atoms with Gasteiger partial charge in [0.1, 0.15) is 6.54 Å². The van der Waals surface area contributed by atoms with Crippen molar-refractivity contribution in [3.63, 3.8) is 0 Å². The summed E-state index contributed by atoms with van der Waals surface area (Å²) in [5.41, 5.74) is 9.66. The maximum atomic E-state index is 11.5. The molecule has 0 aliphatic rings. The molecule has 1 aromatic heterocycles. The highest BCUT2D eigenvalue weighted by Crippen LogP contribution is 1.97. The lowest BCUT2D eigenvalue weighted by Gasteiger charge is -2.09. The zero-order valence-corrected chi connectivity index (χ0v) is 8.99. The Hall–Kier alpha value is -2.45. The van der Waals surface area contributed by atoms with Gasteiger partial charge in [-0.05, 0) is 6.92 Å². The van der Waals surface area contributed by atoms with Crippen LogP contribution in [0, 0.1) is 0 Å². The van der Waals surface area contributed by atoms with Gasteiger partial charge in [-0.2, -0.15) is 0 Å². The van der Waals surface area contributed by atoms with Crippen LogP contribution in [-0.2, 0) is 16.1 Å². The van der Waals surface area contributed by atoms with Crippen molar-refractivity contribution in [1.82, 2.24) is 15.0 Å². The van der Waals surface area contributed by atoms with Crippen molar-refractivity contribution in [2.24, 2.45) is 11.5 Å². The van der Waals surface area contributed by atoms with Crippen LogP contribution in [-0.4, -0.2) is 38.9 Å². The number of primary amides is 2. The summed E-state index contributed by atoms with van der Waals surface area (Å²) in [6, 6.07) is 0. The maximum absolute atomic E-state index is 11.5. The van der Waals surface area contributed by atoms with Crippen LogP contribution in [0.25, 0.3) is 0 Å². The fourth-order valence-electron chi connectivity index (χ4n) is 1.02. The Morgan fingerprint density at radius 3 is 2.59 bits per heavy atom. The van der Waals surface area contributed by atoms with Gasteiger partial charge in [-0.1, -0.05) is 5.21 Å². The monoisotopic (exact) mass is 241 g/mol. The first kappa shape index (κ1) is 12.6. The van der Waals surface area contributed by atoms with Crippen LogP contribution >= 0.6 is 0 Å². The second-order valence-corrected chi connectivity index (χ2v) is 3.21. The number of Topliss-reactive ketones (excluding diaryl/α,β-unsaturated/α-hetero) is 1. The van der Waals surface area contributed by atoms with Gasteiger partial charge in [0.15, 0.2) is 17.6 Å². The first-order valence-electron chi connectivity index (χ1n) is 4.59. The predicted molar refractivity (Wildman–Crippen MR) is 53.7 cm³/mol. The summed E-state index contributed by atoms with van der Waals surface area (Å²) in [4.78, 5) is 32.6. The van der Waals surface area contributed by atoms with Crippen LogP contribution in [0.2, 0.25) is 0 Å². The van der Waals surface area contributed by atoms with Crippen molar-refractivity contribution >= 4 is 17.8 Å². The molecular formula is C8H11N5O4. The minimum Gasteiger partial charge on any atom is -0.439 e. The molecule has 0 bridgehead atoms. The molecule has 0 saturated heterocycles. The Bertz CT molecular complexity index is 455. The number of hydrogen-bond acceptors (Lipinski definition) is 6. The Morgan fingerprint density at radius 2 is 2.12 bits per heavy atom. The number of amides is 2. The molecular weight excluding hydrogens is 230 g/mol. The third kappa shape index (κ3) is 3.55. The van der Waals surface area contributed by atoms with Crippen LogP contribution in [0.1, 0.15) is 17.4 Å². The topological polar surface area (TPSA) is 143 Å². The number of nitrogens with two attached hydrogens (primary N) is 2. The quantitative estimate of drug-likeness (QED) is 0.637. The van der Waals surface area contributed by atoms with E-state index >= 15 is 0 Å². The van der Waals surface area contributed by atoms with Crippen molar-refractivity contribution in [3.8, 4) is 0 Å². The first-order chi connectivity index (χ1) is 7.90. The molecule has 0 spiro atoms. The summed E-state index contributed by atoms with van der Waals surface area (Å²) in [5, 5.41) is 6.96. The third-order valence-electron chi connectivity index (χ3n) is 1.86. The second kappa shape index (κ2) is 5.05. The average Bonchev–Trinajstić information content (AvgIpc) is 2.65. The second-order valence-electron chi connectivity index (χ2n) is 3.21. The van der Waals surface area contributed by atoms with E-state index in [-0.39, 0.29) is 12.2 Å². The Morgan fingerprint density at radius 1 is 1.47 bits per heavy atom. The van der Waals surface area contributed by atoms with E-state index in [0.29, 0.717) is 0 Å². The Balaban J connectivity index is 2.61. The van der Waals surface area contributed by atoms with Gasteiger partial charge in [0.05, 0.1) is 6.20 Å². The lowest BCUT2D eigenvalue weighted by molar-refractivity contribution is -0.127. The molecule has 1 unspecified atom stereocenters. The summed E-state index contributed by atoms with van der Waals surface area (Å²) in [6.07, 6.45) is -0.812. The fourth-order valence-corrected chi connectivity index (χ4v) is 1.02. The van der Waals surface area contributed by atoms with Crippen molar-refractivity contribution < 1.29 is 19.1 Å². The van der Waals surface area contributed by atoms with E-state index in [4.69, 9.17) is 11.5 Å². The molecule has 0 aliphatic carbocycles. The van der Waals surface area contributed by atoms with E-state index in [2.05, 4.69) is 15.0 Å². The van der Waals surface area contributed by atoms with Gasteiger partial charge in [0, 0.05) is 0 Å². The average molecular weight is 241 g/mol. The summed E-state index contributed by atoms with van der Waals surface area (Å²) < 4.78 is 5.59. The van der Waals surface area contributed by atoms with E-state index in [1.165, 1.54) is 13.1 Å². The molecule has 0 saturated carbocycles.